The van der Waals surface area contributed by atoms with Crippen molar-refractivity contribution in [3.8, 4) is 0 Å². The van der Waals surface area contributed by atoms with Gasteiger partial charge in [-0.3, -0.25) is 10.1 Å². The molecule has 0 aliphatic carbocycles. The fraction of sp³-hybridized carbons (Fsp3) is 0. The van der Waals surface area contributed by atoms with E-state index in [1.54, 1.807) is 30.3 Å². The van der Waals surface area contributed by atoms with Crippen molar-refractivity contribution in [2.75, 3.05) is 5.73 Å². The van der Waals surface area contributed by atoms with Gasteiger partial charge in [-0.2, -0.15) is 0 Å². The quantitative estimate of drug-likeness (QED) is 0.397. The highest BCUT2D eigenvalue weighted by atomic mass is 32.2. The van der Waals surface area contributed by atoms with Crippen LogP contribution in [0.3, 0.4) is 0 Å². The van der Waals surface area contributed by atoms with Gasteiger partial charge in [-0.1, -0.05) is 18.2 Å². The molecule has 0 radical (unpaired) electrons. The van der Waals surface area contributed by atoms with Crippen LogP contribution in [0.1, 0.15) is 0 Å². The largest absolute Gasteiger partial charge is 0.606 e. The van der Waals surface area contributed by atoms with Crippen molar-refractivity contribution in [2.24, 2.45) is 0 Å². The lowest BCUT2D eigenvalue weighted by Gasteiger charge is -2.11. The van der Waals surface area contributed by atoms with E-state index < -0.39 is 16.1 Å². The first-order valence-corrected chi connectivity index (χ1v) is 6.25. The molecular weight excluding hydrogens is 252 g/mol. The Kier molecular flexibility index (Phi) is 3.50. The molecular formula is C12H10N2O3S. The predicted molar refractivity (Wildman–Crippen MR) is 68.6 cm³/mol. The third-order valence-electron chi connectivity index (χ3n) is 2.36. The smallest absolute Gasteiger partial charge is 0.274 e. The summed E-state index contributed by atoms with van der Waals surface area (Å²) in [7, 11) is 0. The molecule has 2 rings (SSSR count). The SMILES string of the molecule is Nc1ccc([N+](=O)[O-])cc1[S+]([O-])c1ccccc1. The predicted octanol–water partition coefficient (Wildman–Crippen LogP) is 2.34. The highest BCUT2D eigenvalue weighted by Crippen LogP contribution is 2.29. The van der Waals surface area contributed by atoms with Crippen LogP contribution < -0.4 is 5.73 Å². The van der Waals surface area contributed by atoms with Gasteiger partial charge in [0.1, 0.15) is 0 Å². The van der Waals surface area contributed by atoms with Gasteiger partial charge in [-0.25, -0.2) is 0 Å². The number of nitrogen functional groups attached to an aromatic ring is 1. The normalized spacial score (nSPS) is 12.1. The van der Waals surface area contributed by atoms with E-state index in [1.165, 1.54) is 18.2 Å². The summed E-state index contributed by atoms with van der Waals surface area (Å²) in [6.07, 6.45) is 0. The summed E-state index contributed by atoms with van der Waals surface area (Å²) in [4.78, 5) is 11.0. The number of hydrogen-bond donors (Lipinski definition) is 1. The van der Waals surface area contributed by atoms with Crippen LogP contribution in [0, 0.1) is 10.1 Å². The Labute approximate surface area is 107 Å². The molecule has 92 valence electrons. The van der Waals surface area contributed by atoms with Crippen molar-refractivity contribution < 1.29 is 9.48 Å². The van der Waals surface area contributed by atoms with Gasteiger partial charge in [0.05, 0.1) is 16.7 Å². The Hall–Kier alpha value is -2.05. The van der Waals surface area contributed by atoms with Gasteiger partial charge >= 0.3 is 0 Å². The van der Waals surface area contributed by atoms with Crippen LogP contribution in [0.4, 0.5) is 11.4 Å². The van der Waals surface area contributed by atoms with Crippen molar-refractivity contribution in [3.63, 3.8) is 0 Å². The van der Waals surface area contributed by atoms with E-state index in [0.717, 1.165) is 0 Å². The molecule has 0 heterocycles. The standard InChI is InChI=1S/C12H10N2O3S/c13-11-7-6-9(14(15)16)8-12(11)18(17)10-4-2-1-3-5-10/h1-8H,13H2. The van der Waals surface area contributed by atoms with Crippen molar-refractivity contribution in [1.82, 2.24) is 0 Å². The lowest BCUT2D eigenvalue weighted by molar-refractivity contribution is -0.385. The number of benzene rings is 2. The van der Waals surface area contributed by atoms with E-state index in [9.17, 15) is 14.7 Å². The maximum atomic E-state index is 12.3. The molecule has 2 aromatic rings. The van der Waals surface area contributed by atoms with E-state index in [4.69, 9.17) is 5.73 Å². The van der Waals surface area contributed by atoms with Gasteiger partial charge in [0, 0.05) is 17.2 Å². The van der Waals surface area contributed by atoms with Crippen molar-refractivity contribution in [3.05, 3.63) is 58.6 Å². The van der Waals surface area contributed by atoms with E-state index in [0.29, 0.717) is 4.90 Å². The van der Waals surface area contributed by atoms with Crippen molar-refractivity contribution in [1.29, 1.82) is 0 Å². The van der Waals surface area contributed by atoms with Crippen LogP contribution >= 0.6 is 0 Å². The fourth-order valence-corrected chi connectivity index (χ4v) is 2.64. The fourth-order valence-electron chi connectivity index (χ4n) is 1.47. The first-order chi connectivity index (χ1) is 8.59. The highest BCUT2D eigenvalue weighted by Gasteiger charge is 2.21. The monoisotopic (exact) mass is 262 g/mol. The lowest BCUT2D eigenvalue weighted by atomic mass is 10.3. The van der Waals surface area contributed by atoms with Crippen molar-refractivity contribution in [2.45, 2.75) is 9.79 Å². The van der Waals surface area contributed by atoms with E-state index in [1.807, 2.05) is 0 Å². The minimum absolute atomic E-state index is 0.122. The summed E-state index contributed by atoms with van der Waals surface area (Å²) in [5.74, 6) is 0. The highest BCUT2D eigenvalue weighted by molar-refractivity contribution is 7.91. The molecule has 0 saturated carbocycles. The van der Waals surface area contributed by atoms with E-state index >= 15 is 0 Å². The van der Waals surface area contributed by atoms with Gasteiger partial charge in [-0.15, -0.1) is 0 Å². The summed E-state index contributed by atoms with van der Waals surface area (Å²) in [5.41, 5.74) is 5.87. The molecule has 0 aromatic heterocycles. The second-order valence-electron chi connectivity index (χ2n) is 3.56. The molecule has 18 heavy (non-hydrogen) atoms. The van der Waals surface area contributed by atoms with Crippen LogP contribution in [-0.4, -0.2) is 9.48 Å². The molecule has 0 fully saturated rings. The number of nitro groups is 1. The molecule has 0 bridgehead atoms. The maximum absolute atomic E-state index is 12.3. The molecule has 0 aliphatic heterocycles. The summed E-state index contributed by atoms with van der Waals surface area (Å²) < 4.78 is 12.3. The Balaban J connectivity index is 2.44. The third-order valence-corrected chi connectivity index (χ3v) is 3.82. The van der Waals surface area contributed by atoms with Crippen LogP contribution in [0.5, 0.6) is 0 Å². The summed E-state index contributed by atoms with van der Waals surface area (Å²) in [6.45, 7) is 0. The topological polar surface area (TPSA) is 92.2 Å². The average Bonchev–Trinajstić information content (AvgIpc) is 2.39. The molecule has 6 heteroatoms. The minimum Gasteiger partial charge on any atom is -0.606 e. The van der Waals surface area contributed by atoms with Crippen LogP contribution in [0.2, 0.25) is 0 Å². The summed E-state index contributed by atoms with van der Waals surface area (Å²) in [5, 5.41) is 10.7. The second kappa shape index (κ2) is 5.07. The van der Waals surface area contributed by atoms with Gasteiger partial charge in [0.25, 0.3) is 5.69 Å². The van der Waals surface area contributed by atoms with Crippen molar-refractivity contribution >= 4 is 22.6 Å². The molecule has 1 atom stereocenters. The number of anilines is 1. The number of nitrogens with zero attached hydrogens (tertiary/aromatic N) is 1. The zero-order valence-electron chi connectivity index (χ0n) is 9.28. The van der Waals surface area contributed by atoms with Crippen LogP contribution in [0.25, 0.3) is 0 Å². The Morgan fingerprint density at radius 2 is 1.78 bits per heavy atom. The van der Waals surface area contributed by atoms with Crippen LogP contribution in [-0.2, 0) is 11.2 Å². The molecule has 5 nitrogen and oxygen atoms in total. The lowest BCUT2D eigenvalue weighted by Crippen LogP contribution is -2.06. The minimum atomic E-state index is -1.51. The van der Waals surface area contributed by atoms with Gasteiger partial charge in [-0.05, 0) is 18.2 Å². The summed E-state index contributed by atoms with van der Waals surface area (Å²) >= 11 is -1.51. The van der Waals surface area contributed by atoms with E-state index in [2.05, 4.69) is 0 Å². The Morgan fingerprint density at radius 1 is 1.11 bits per heavy atom. The molecule has 0 saturated heterocycles. The molecule has 0 aliphatic rings. The number of nitrogens with two attached hydrogens (primary N) is 1. The number of rotatable bonds is 3. The maximum Gasteiger partial charge on any atom is 0.274 e. The Morgan fingerprint density at radius 3 is 2.39 bits per heavy atom. The first-order valence-electron chi connectivity index (χ1n) is 5.10. The number of non-ortho nitro benzene ring substituents is 1. The number of nitro benzene ring substituents is 1. The van der Waals surface area contributed by atoms with E-state index in [-0.39, 0.29) is 16.3 Å². The van der Waals surface area contributed by atoms with Gasteiger partial charge in [0.15, 0.2) is 9.79 Å². The van der Waals surface area contributed by atoms with Gasteiger partial charge in [0.2, 0.25) is 0 Å². The molecule has 0 spiro atoms. The molecule has 2 aromatic carbocycles. The molecule has 1 unspecified atom stereocenters. The third kappa shape index (κ3) is 2.44. The average molecular weight is 262 g/mol. The second-order valence-corrected chi connectivity index (χ2v) is 5.01. The number of hydrogen-bond acceptors (Lipinski definition) is 4. The first kappa shape index (κ1) is 12.4. The molecule has 0 amide bonds. The zero-order chi connectivity index (χ0) is 13.1. The molecule has 2 N–H and O–H groups in total. The van der Waals surface area contributed by atoms with Gasteiger partial charge < -0.3 is 10.3 Å². The summed E-state index contributed by atoms with van der Waals surface area (Å²) in [6, 6.07) is 12.6. The zero-order valence-corrected chi connectivity index (χ0v) is 10.1. The Bertz CT molecular complexity index is 575. The van der Waals surface area contributed by atoms with Crippen LogP contribution in [0.15, 0.2) is 58.3 Å².